The average Bonchev–Trinajstić information content (AvgIpc) is 3.00. The summed E-state index contributed by atoms with van der Waals surface area (Å²) in [6.45, 7) is 1.50. The first kappa shape index (κ1) is 20.7. The Morgan fingerprint density at radius 1 is 0.968 bits per heavy atom. The molecular formula is C25H26N4O2. The SMILES string of the molecule is O=C1NCCN(C(=O)CCc2ccncc2)C[C@H]1Cc1ccc(-c2cccnc2)cc1. The van der Waals surface area contributed by atoms with Crippen molar-refractivity contribution in [2.24, 2.45) is 5.92 Å². The van der Waals surface area contributed by atoms with Crippen molar-refractivity contribution in [2.75, 3.05) is 19.6 Å². The Bertz CT molecular complexity index is 1010. The van der Waals surface area contributed by atoms with Crippen LogP contribution < -0.4 is 5.32 Å². The van der Waals surface area contributed by atoms with Crippen molar-refractivity contribution < 1.29 is 9.59 Å². The molecule has 0 saturated carbocycles. The van der Waals surface area contributed by atoms with E-state index in [-0.39, 0.29) is 17.7 Å². The molecule has 1 aromatic carbocycles. The van der Waals surface area contributed by atoms with E-state index in [1.54, 1.807) is 18.6 Å². The van der Waals surface area contributed by atoms with Gasteiger partial charge in [-0.25, -0.2) is 0 Å². The molecule has 0 aliphatic carbocycles. The van der Waals surface area contributed by atoms with Gasteiger partial charge < -0.3 is 10.2 Å². The van der Waals surface area contributed by atoms with Crippen LogP contribution in [0.1, 0.15) is 17.5 Å². The molecule has 0 unspecified atom stereocenters. The van der Waals surface area contributed by atoms with Gasteiger partial charge in [0.25, 0.3) is 0 Å². The number of aromatic nitrogens is 2. The third-order valence-electron chi connectivity index (χ3n) is 5.65. The fourth-order valence-corrected chi connectivity index (χ4v) is 3.89. The highest BCUT2D eigenvalue weighted by atomic mass is 16.2. The van der Waals surface area contributed by atoms with Gasteiger partial charge >= 0.3 is 0 Å². The summed E-state index contributed by atoms with van der Waals surface area (Å²) in [7, 11) is 0. The number of carbonyl (C=O) groups is 2. The molecule has 1 fully saturated rings. The van der Waals surface area contributed by atoms with Crippen LogP contribution in [0.2, 0.25) is 0 Å². The fourth-order valence-electron chi connectivity index (χ4n) is 3.89. The molecule has 31 heavy (non-hydrogen) atoms. The van der Waals surface area contributed by atoms with Crippen LogP contribution in [0.5, 0.6) is 0 Å². The quantitative estimate of drug-likeness (QED) is 0.673. The van der Waals surface area contributed by atoms with Crippen LogP contribution >= 0.6 is 0 Å². The first-order valence-electron chi connectivity index (χ1n) is 10.6. The minimum atomic E-state index is -0.253. The molecule has 6 heteroatoms. The highest BCUT2D eigenvalue weighted by molar-refractivity contribution is 5.82. The van der Waals surface area contributed by atoms with Crippen molar-refractivity contribution in [1.82, 2.24) is 20.2 Å². The number of hydrogen-bond donors (Lipinski definition) is 1. The Morgan fingerprint density at radius 2 is 1.77 bits per heavy atom. The summed E-state index contributed by atoms with van der Waals surface area (Å²) in [6.07, 6.45) is 8.79. The molecular weight excluding hydrogens is 388 g/mol. The predicted octanol–water partition coefficient (Wildman–Crippen LogP) is 2.89. The van der Waals surface area contributed by atoms with Crippen molar-refractivity contribution in [3.05, 3.63) is 84.4 Å². The number of rotatable bonds is 6. The maximum atomic E-state index is 12.8. The second kappa shape index (κ2) is 9.98. The monoisotopic (exact) mass is 414 g/mol. The lowest BCUT2D eigenvalue weighted by Crippen LogP contribution is -2.37. The van der Waals surface area contributed by atoms with Gasteiger partial charge in [0.1, 0.15) is 0 Å². The zero-order valence-electron chi connectivity index (χ0n) is 17.4. The van der Waals surface area contributed by atoms with E-state index in [1.165, 1.54) is 0 Å². The summed E-state index contributed by atoms with van der Waals surface area (Å²) >= 11 is 0. The topological polar surface area (TPSA) is 75.2 Å². The molecule has 1 N–H and O–H groups in total. The van der Waals surface area contributed by atoms with Gasteiger partial charge in [-0.3, -0.25) is 19.6 Å². The highest BCUT2D eigenvalue weighted by Crippen LogP contribution is 2.21. The number of nitrogens with one attached hydrogen (secondary N) is 1. The summed E-state index contributed by atoms with van der Waals surface area (Å²) in [5.74, 6) is -0.150. The van der Waals surface area contributed by atoms with Crippen LogP contribution in [-0.2, 0) is 22.4 Å². The lowest BCUT2D eigenvalue weighted by atomic mass is 9.96. The van der Waals surface area contributed by atoms with Crippen molar-refractivity contribution >= 4 is 11.8 Å². The number of aryl methyl sites for hydroxylation is 1. The third kappa shape index (κ3) is 5.54. The number of carbonyl (C=O) groups excluding carboxylic acids is 2. The van der Waals surface area contributed by atoms with Gasteiger partial charge in [-0.1, -0.05) is 30.3 Å². The molecule has 3 aromatic rings. The molecule has 0 bridgehead atoms. The van der Waals surface area contributed by atoms with Crippen molar-refractivity contribution in [3.63, 3.8) is 0 Å². The molecule has 6 nitrogen and oxygen atoms in total. The first-order valence-corrected chi connectivity index (χ1v) is 10.6. The number of amides is 2. The number of hydrogen-bond acceptors (Lipinski definition) is 4. The Morgan fingerprint density at radius 3 is 2.52 bits per heavy atom. The van der Waals surface area contributed by atoms with Gasteiger partial charge in [-0.15, -0.1) is 0 Å². The maximum absolute atomic E-state index is 12.8. The summed E-state index contributed by atoms with van der Waals surface area (Å²) in [6, 6.07) is 16.0. The zero-order chi connectivity index (χ0) is 21.5. The summed E-state index contributed by atoms with van der Waals surface area (Å²) in [5.41, 5.74) is 4.33. The molecule has 0 spiro atoms. The molecule has 158 valence electrons. The maximum Gasteiger partial charge on any atom is 0.225 e. The normalized spacial score (nSPS) is 16.5. The van der Waals surface area contributed by atoms with Crippen LogP contribution in [0.25, 0.3) is 11.1 Å². The van der Waals surface area contributed by atoms with Crippen molar-refractivity contribution in [3.8, 4) is 11.1 Å². The molecule has 3 heterocycles. The molecule has 1 aliphatic heterocycles. The van der Waals surface area contributed by atoms with Gasteiger partial charge in [0.15, 0.2) is 0 Å². The van der Waals surface area contributed by atoms with Gasteiger partial charge in [0.2, 0.25) is 11.8 Å². The minimum Gasteiger partial charge on any atom is -0.354 e. The Balaban J connectivity index is 1.38. The fraction of sp³-hybridized carbons (Fsp3) is 0.280. The van der Waals surface area contributed by atoms with Gasteiger partial charge in [0.05, 0.1) is 5.92 Å². The van der Waals surface area contributed by atoms with Crippen molar-refractivity contribution in [2.45, 2.75) is 19.3 Å². The van der Waals surface area contributed by atoms with Gasteiger partial charge in [-0.05, 0) is 53.3 Å². The third-order valence-corrected chi connectivity index (χ3v) is 5.65. The summed E-state index contributed by atoms with van der Waals surface area (Å²) < 4.78 is 0. The second-order valence-corrected chi connectivity index (χ2v) is 7.83. The molecule has 2 amide bonds. The number of nitrogens with zero attached hydrogens (tertiary/aromatic N) is 3. The van der Waals surface area contributed by atoms with E-state index in [9.17, 15) is 9.59 Å². The number of pyridine rings is 2. The second-order valence-electron chi connectivity index (χ2n) is 7.83. The van der Waals surface area contributed by atoms with Gasteiger partial charge in [0, 0.05) is 50.8 Å². The highest BCUT2D eigenvalue weighted by Gasteiger charge is 2.27. The largest absolute Gasteiger partial charge is 0.354 e. The van der Waals surface area contributed by atoms with E-state index in [0.717, 1.165) is 22.3 Å². The first-order chi connectivity index (χ1) is 15.2. The summed E-state index contributed by atoms with van der Waals surface area (Å²) in [5, 5.41) is 2.96. The van der Waals surface area contributed by atoms with E-state index < -0.39 is 0 Å². The standard InChI is InChI=1S/C25H26N4O2/c30-24(8-5-19-9-12-26-13-10-19)29-15-14-28-25(31)23(18-29)16-20-3-6-21(7-4-20)22-2-1-11-27-17-22/h1-4,6-7,9-13,17,23H,5,8,14-16,18H2,(H,28,31)/t23-/m1/s1. The molecule has 2 aromatic heterocycles. The van der Waals surface area contributed by atoms with Crippen LogP contribution in [-0.4, -0.2) is 46.3 Å². The van der Waals surface area contributed by atoms with Crippen LogP contribution in [0.15, 0.2) is 73.3 Å². The van der Waals surface area contributed by atoms with E-state index in [4.69, 9.17) is 0 Å². The Hall–Kier alpha value is -3.54. The summed E-state index contributed by atoms with van der Waals surface area (Å²) in [4.78, 5) is 35.4. The van der Waals surface area contributed by atoms with Crippen LogP contribution in [0.4, 0.5) is 0 Å². The minimum absolute atomic E-state index is 0.0146. The van der Waals surface area contributed by atoms with Crippen LogP contribution in [0.3, 0.4) is 0 Å². The van der Waals surface area contributed by atoms with E-state index in [1.807, 2.05) is 35.4 Å². The van der Waals surface area contributed by atoms with Crippen LogP contribution in [0, 0.1) is 5.92 Å². The van der Waals surface area contributed by atoms with E-state index in [2.05, 4.69) is 39.6 Å². The smallest absolute Gasteiger partial charge is 0.225 e. The lowest BCUT2D eigenvalue weighted by molar-refractivity contribution is -0.132. The molecule has 1 aliphatic rings. The van der Waals surface area contributed by atoms with Crippen molar-refractivity contribution in [1.29, 1.82) is 0 Å². The zero-order valence-corrected chi connectivity index (χ0v) is 17.4. The Labute approximate surface area is 182 Å². The lowest BCUT2D eigenvalue weighted by Gasteiger charge is -2.23. The molecule has 1 saturated heterocycles. The Kier molecular flexibility index (Phi) is 6.67. The van der Waals surface area contributed by atoms with E-state index in [0.29, 0.717) is 38.9 Å². The molecule has 1 atom stereocenters. The van der Waals surface area contributed by atoms with Gasteiger partial charge in [-0.2, -0.15) is 0 Å². The average molecular weight is 415 g/mol. The van der Waals surface area contributed by atoms with E-state index >= 15 is 0 Å². The molecule has 4 rings (SSSR count). The predicted molar refractivity (Wildman–Crippen MR) is 119 cm³/mol. The molecule has 0 radical (unpaired) electrons. The number of benzene rings is 1.